The van der Waals surface area contributed by atoms with E-state index in [1.165, 1.54) is 5.56 Å². The first-order valence-corrected chi connectivity index (χ1v) is 7.15. The monoisotopic (exact) mass is 298 g/mol. The zero-order valence-electron chi connectivity index (χ0n) is 11.6. The molecule has 0 saturated heterocycles. The van der Waals surface area contributed by atoms with Crippen LogP contribution in [0.25, 0.3) is 17.1 Å². The van der Waals surface area contributed by atoms with Crippen LogP contribution in [0.15, 0.2) is 48.5 Å². The first kappa shape index (κ1) is 13.6. The molecular formula is C16H15ClN4. The second kappa shape index (κ2) is 5.58. The lowest BCUT2D eigenvalue weighted by Crippen LogP contribution is -2.02. The molecule has 0 bridgehead atoms. The van der Waals surface area contributed by atoms with E-state index in [0.29, 0.717) is 17.4 Å². The largest absolute Gasteiger partial charge is 0.399 e. The number of nitrogens with two attached hydrogens (primary N) is 1. The van der Waals surface area contributed by atoms with Gasteiger partial charge in [-0.1, -0.05) is 29.8 Å². The maximum Gasteiger partial charge on any atom is 0.168 e. The third-order valence-corrected chi connectivity index (χ3v) is 3.53. The van der Waals surface area contributed by atoms with E-state index in [1.54, 1.807) is 0 Å². The Morgan fingerprint density at radius 3 is 2.52 bits per heavy atom. The van der Waals surface area contributed by atoms with Crippen molar-refractivity contribution >= 4 is 17.3 Å². The predicted octanol–water partition coefficient (Wildman–Crippen LogP) is 3.56. The zero-order chi connectivity index (χ0) is 14.8. The summed E-state index contributed by atoms with van der Waals surface area (Å²) in [5.41, 5.74) is 9.65. The van der Waals surface area contributed by atoms with E-state index in [9.17, 15) is 0 Å². The van der Waals surface area contributed by atoms with Gasteiger partial charge >= 0.3 is 0 Å². The van der Waals surface area contributed by atoms with Crippen molar-refractivity contribution in [2.75, 3.05) is 5.73 Å². The SMILES string of the molecule is Cc1ccc(-n2c(CCl)nnc2-c2cccc(N)c2)cc1. The lowest BCUT2D eigenvalue weighted by molar-refractivity contribution is 0.952. The van der Waals surface area contributed by atoms with Crippen LogP contribution in [0.1, 0.15) is 11.4 Å². The molecule has 0 unspecified atom stereocenters. The van der Waals surface area contributed by atoms with E-state index in [-0.39, 0.29) is 0 Å². The van der Waals surface area contributed by atoms with Gasteiger partial charge in [-0.25, -0.2) is 0 Å². The first-order valence-electron chi connectivity index (χ1n) is 6.62. The fourth-order valence-corrected chi connectivity index (χ4v) is 2.41. The van der Waals surface area contributed by atoms with Crippen LogP contribution in [0.5, 0.6) is 0 Å². The number of hydrogen-bond donors (Lipinski definition) is 1. The maximum atomic E-state index is 6.00. The van der Waals surface area contributed by atoms with Gasteiger partial charge in [0.2, 0.25) is 0 Å². The van der Waals surface area contributed by atoms with Gasteiger partial charge in [-0.3, -0.25) is 4.57 Å². The van der Waals surface area contributed by atoms with Crippen molar-refractivity contribution in [2.45, 2.75) is 12.8 Å². The topological polar surface area (TPSA) is 56.7 Å². The van der Waals surface area contributed by atoms with Crippen molar-refractivity contribution in [1.29, 1.82) is 0 Å². The molecule has 0 radical (unpaired) electrons. The van der Waals surface area contributed by atoms with Gasteiger partial charge in [0.15, 0.2) is 11.6 Å². The van der Waals surface area contributed by atoms with E-state index < -0.39 is 0 Å². The molecule has 0 amide bonds. The first-order chi connectivity index (χ1) is 10.2. The Bertz CT molecular complexity index is 762. The van der Waals surface area contributed by atoms with Gasteiger partial charge in [-0.15, -0.1) is 21.8 Å². The van der Waals surface area contributed by atoms with E-state index in [2.05, 4.69) is 29.3 Å². The number of aromatic nitrogens is 3. The lowest BCUT2D eigenvalue weighted by Gasteiger charge is -2.10. The number of nitrogen functional groups attached to an aromatic ring is 1. The van der Waals surface area contributed by atoms with Gasteiger partial charge in [0.05, 0.1) is 5.88 Å². The molecular weight excluding hydrogens is 284 g/mol. The van der Waals surface area contributed by atoms with Crippen LogP contribution < -0.4 is 5.73 Å². The molecule has 1 aromatic heterocycles. The minimum Gasteiger partial charge on any atom is -0.399 e. The Labute approximate surface area is 128 Å². The summed E-state index contributed by atoms with van der Waals surface area (Å²) in [5.74, 6) is 1.74. The predicted molar refractivity (Wildman–Crippen MR) is 85.5 cm³/mol. The second-order valence-corrected chi connectivity index (χ2v) is 5.14. The fourth-order valence-electron chi connectivity index (χ4n) is 2.23. The summed E-state index contributed by atoms with van der Waals surface area (Å²) < 4.78 is 1.96. The molecule has 0 saturated carbocycles. The zero-order valence-corrected chi connectivity index (χ0v) is 12.4. The maximum absolute atomic E-state index is 6.00. The molecule has 0 aliphatic heterocycles. The van der Waals surface area contributed by atoms with Crippen molar-refractivity contribution in [3.8, 4) is 17.1 Å². The minimum absolute atomic E-state index is 0.295. The summed E-state index contributed by atoms with van der Waals surface area (Å²) in [4.78, 5) is 0. The number of aryl methyl sites for hydroxylation is 1. The molecule has 1 heterocycles. The smallest absolute Gasteiger partial charge is 0.168 e. The van der Waals surface area contributed by atoms with Crippen LogP contribution in [-0.2, 0) is 5.88 Å². The molecule has 106 valence electrons. The van der Waals surface area contributed by atoms with Crippen molar-refractivity contribution in [3.63, 3.8) is 0 Å². The summed E-state index contributed by atoms with van der Waals surface area (Å²) in [5, 5.41) is 8.45. The Kier molecular flexibility index (Phi) is 3.62. The Hall–Kier alpha value is -2.33. The van der Waals surface area contributed by atoms with Gasteiger partial charge in [-0.05, 0) is 31.2 Å². The number of anilines is 1. The molecule has 21 heavy (non-hydrogen) atoms. The van der Waals surface area contributed by atoms with Gasteiger partial charge < -0.3 is 5.73 Å². The van der Waals surface area contributed by atoms with Gasteiger partial charge in [0, 0.05) is 16.9 Å². The molecule has 5 heteroatoms. The summed E-state index contributed by atoms with van der Waals surface area (Å²) in [6.07, 6.45) is 0. The Morgan fingerprint density at radius 1 is 1.10 bits per heavy atom. The molecule has 0 atom stereocenters. The highest BCUT2D eigenvalue weighted by atomic mass is 35.5. The molecule has 3 rings (SSSR count). The van der Waals surface area contributed by atoms with Crippen molar-refractivity contribution < 1.29 is 0 Å². The van der Waals surface area contributed by atoms with Crippen LogP contribution in [0.3, 0.4) is 0 Å². The molecule has 0 fully saturated rings. The second-order valence-electron chi connectivity index (χ2n) is 4.87. The number of hydrogen-bond acceptors (Lipinski definition) is 3. The lowest BCUT2D eigenvalue weighted by atomic mass is 10.1. The van der Waals surface area contributed by atoms with Crippen LogP contribution in [-0.4, -0.2) is 14.8 Å². The highest BCUT2D eigenvalue weighted by Gasteiger charge is 2.14. The molecule has 0 spiro atoms. The number of halogens is 1. The van der Waals surface area contributed by atoms with E-state index in [1.807, 2.05) is 41.0 Å². The molecule has 2 aromatic carbocycles. The highest BCUT2D eigenvalue weighted by molar-refractivity contribution is 6.16. The third-order valence-electron chi connectivity index (χ3n) is 3.29. The van der Waals surface area contributed by atoms with Crippen LogP contribution in [0, 0.1) is 6.92 Å². The summed E-state index contributed by atoms with van der Waals surface area (Å²) in [7, 11) is 0. The van der Waals surface area contributed by atoms with Gasteiger partial charge in [-0.2, -0.15) is 0 Å². The number of rotatable bonds is 3. The normalized spacial score (nSPS) is 10.8. The quantitative estimate of drug-likeness (QED) is 0.594. The Morgan fingerprint density at radius 2 is 1.86 bits per heavy atom. The van der Waals surface area contributed by atoms with Crippen molar-refractivity contribution in [1.82, 2.24) is 14.8 Å². The average molecular weight is 299 g/mol. The highest BCUT2D eigenvalue weighted by Crippen LogP contribution is 2.25. The fraction of sp³-hybridized carbons (Fsp3) is 0.125. The van der Waals surface area contributed by atoms with Crippen LogP contribution in [0.4, 0.5) is 5.69 Å². The molecule has 3 aromatic rings. The molecule has 4 nitrogen and oxygen atoms in total. The van der Waals surface area contributed by atoms with Crippen molar-refractivity contribution in [3.05, 3.63) is 59.9 Å². The van der Waals surface area contributed by atoms with E-state index in [4.69, 9.17) is 17.3 Å². The van der Waals surface area contributed by atoms with Crippen LogP contribution >= 0.6 is 11.6 Å². The average Bonchev–Trinajstić information content (AvgIpc) is 2.92. The number of nitrogens with zero attached hydrogens (tertiary/aromatic N) is 3. The minimum atomic E-state index is 0.295. The number of benzene rings is 2. The van der Waals surface area contributed by atoms with E-state index >= 15 is 0 Å². The van der Waals surface area contributed by atoms with Gasteiger partial charge in [0.25, 0.3) is 0 Å². The van der Waals surface area contributed by atoms with E-state index in [0.717, 1.165) is 17.1 Å². The standard InChI is InChI=1S/C16H15ClN4/c1-11-5-7-14(8-6-11)21-15(10-17)19-20-16(21)12-3-2-4-13(18)9-12/h2-9H,10,18H2,1H3. The molecule has 2 N–H and O–H groups in total. The summed E-state index contributed by atoms with van der Waals surface area (Å²) in [6, 6.07) is 15.8. The summed E-state index contributed by atoms with van der Waals surface area (Å²) >= 11 is 6.00. The summed E-state index contributed by atoms with van der Waals surface area (Å²) in [6.45, 7) is 2.05. The van der Waals surface area contributed by atoms with Gasteiger partial charge in [0.1, 0.15) is 0 Å². The van der Waals surface area contributed by atoms with Crippen LogP contribution in [0.2, 0.25) is 0 Å². The third kappa shape index (κ3) is 2.62. The van der Waals surface area contributed by atoms with Crippen molar-refractivity contribution in [2.24, 2.45) is 0 Å². The number of alkyl halides is 1. The molecule has 0 aliphatic rings. The Balaban J connectivity index is 2.19. The molecule has 0 aliphatic carbocycles.